The number of halogens is 1. The maximum absolute atomic E-state index is 11.3. The highest BCUT2D eigenvalue weighted by atomic mass is 35.5. The molecular weight excluding hydrogens is 212 g/mol. The van der Waals surface area contributed by atoms with E-state index in [1.165, 1.54) is 0 Å². The van der Waals surface area contributed by atoms with Crippen LogP contribution in [0.2, 0.25) is 5.02 Å². The van der Waals surface area contributed by atoms with Gasteiger partial charge in [0.2, 0.25) is 0 Å². The van der Waals surface area contributed by atoms with Crippen LogP contribution in [0.25, 0.3) is 0 Å². The predicted molar refractivity (Wildman–Crippen MR) is 61.1 cm³/mol. The van der Waals surface area contributed by atoms with Crippen molar-refractivity contribution < 1.29 is 9.53 Å². The second-order valence-corrected chi connectivity index (χ2v) is 3.84. The van der Waals surface area contributed by atoms with Crippen LogP contribution in [0.3, 0.4) is 0 Å². The monoisotopic (exact) mass is 226 g/mol. The van der Waals surface area contributed by atoms with Gasteiger partial charge in [0.15, 0.2) is 0 Å². The minimum atomic E-state index is -0.176. The first-order valence-electron chi connectivity index (χ1n) is 5.05. The molecule has 1 aromatic carbocycles. The van der Waals surface area contributed by atoms with E-state index in [4.69, 9.17) is 16.3 Å². The van der Waals surface area contributed by atoms with Gasteiger partial charge in [-0.15, -0.1) is 0 Å². The first-order valence-corrected chi connectivity index (χ1v) is 5.43. The molecule has 15 heavy (non-hydrogen) atoms. The summed E-state index contributed by atoms with van der Waals surface area (Å²) < 4.78 is 4.89. The second kappa shape index (κ2) is 5.76. The molecule has 1 rings (SSSR count). The number of ether oxygens (including phenoxy) is 1. The van der Waals surface area contributed by atoms with Gasteiger partial charge in [0.05, 0.1) is 13.0 Å². The normalized spacial score (nSPS) is 12.2. The average Bonchev–Trinajstić information content (AvgIpc) is 2.18. The van der Waals surface area contributed by atoms with E-state index in [0.29, 0.717) is 18.1 Å². The van der Waals surface area contributed by atoms with Crippen molar-refractivity contribution in [2.75, 3.05) is 6.61 Å². The molecule has 0 aliphatic carbocycles. The standard InChI is InChI=1S/C12H15ClO2/c1-3-15-12(14)8-9(2)10-6-4-5-7-11(10)13/h4-7,9H,3,8H2,1-2H3/t9-/m1/s1. The van der Waals surface area contributed by atoms with Crippen molar-refractivity contribution in [2.45, 2.75) is 26.2 Å². The summed E-state index contributed by atoms with van der Waals surface area (Å²) >= 11 is 6.03. The van der Waals surface area contributed by atoms with Crippen molar-refractivity contribution in [1.29, 1.82) is 0 Å². The average molecular weight is 227 g/mol. The Labute approximate surface area is 95.2 Å². The van der Waals surface area contributed by atoms with E-state index in [-0.39, 0.29) is 11.9 Å². The summed E-state index contributed by atoms with van der Waals surface area (Å²) in [7, 11) is 0. The molecule has 0 fully saturated rings. The molecule has 0 saturated carbocycles. The smallest absolute Gasteiger partial charge is 0.306 e. The van der Waals surface area contributed by atoms with Gasteiger partial charge in [-0.2, -0.15) is 0 Å². The number of hydrogen-bond donors (Lipinski definition) is 0. The van der Waals surface area contributed by atoms with Crippen molar-refractivity contribution in [1.82, 2.24) is 0 Å². The molecule has 0 bridgehead atoms. The van der Waals surface area contributed by atoms with E-state index >= 15 is 0 Å². The Kier molecular flexibility index (Phi) is 4.63. The lowest BCUT2D eigenvalue weighted by atomic mass is 9.98. The van der Waals surface area contributed by atoms with Gasteiger partial charge in [0.25, 0.3) is 0 Å². The van der Waals surface area contributed by atoms with Gasteiger partial charge in [-0.05, 0) is 24.5 Å². The van der Waals surface area contributed by atoms with Crippen LogP contribution in [-0.4, -0.2) is 12.6 Å². The quantitative estimate of drug-likeness (QED) is 0.736. The van der Waals surface area contributed by atoms with Crippen molar-refractivity contribution in [3.8, 4) is 0 Å². The molecular formula is C12H15ClO2. The number of hydrogen-bond acceptors (Lipinski definition) is 2. The maximum Gasteiger partial charge on any atom is 0.306 e. The third-order valence-electron chi connectivity index (χ3n) is 2.21. The first kappa shape index (κ1) is 12.1. The predicted octanol–water partition coefficient (Wildman–Crippen LogP) is 3.40. The van der Waals surface area contributed by atoms with Gasteiger partial charge in [0, 0.05) is 5.02 Å². The van der Waals surface area contributed by atoms with Crippen molar-refractivity contribution in [2.24, 2.45) is 0 Å². The van der Waals surface area contributed by atoms with Crippen molar-refractivity contribution in [3.63, 3.8) is 0 Å². The molecule has 3 heteroatoms. The van der Waals surface area contributed by atoms with Gasteiger partial charge >= 0.3 is 5.97 Å². The van der Waals surface area contributed by atoms with E-state index < -0.39 is 0 Å². The molecule has 0 aliphatic heterocycles. The van der Waals surface area contributed by atoms with E-state index in [2.05, 4.69) is 0 Å². The van der Waals surface area contributed by atoms with Gasteiger partial charge < -0.3 is 4.74 Å². The maximum atomic E-state index is 11.3. The summed E-state index contributed by atoms with van der Waals surface area (Å²) in [6.07, 6.45) is 0.373. The Balaban J connectivity index is 2.65. The molecule has 0 amide bonds. The van der Waals surface area contributed by atoms with E-state index in [0.717, 1.165) is 5.56 Å². The highest BCUT2D eigenvalue weighted by Gasteiger charge is 2.13. The summed E-state index contributed by atoms with van der Waals surface area (Å²) in [4.78, 5) is 11.3. The Morgan fingerprint density at radius 2 is 2.13 bits per heavy atom. The number of carbonyl (C=O) groups is 1. The summed E-state index contributed by atoms with van der Waals surface area (Å²) in [5, 5.41) is 0.703. The van der Waals surface area contributed by atoms with E-state index in [1.54, 1.807) is 6.92 Å². The van der Waals surface area contributed by atoms with E-state index in [9.17, 15) is 4.79 Å². The third kappa shape index (κ3) is 3.56. The molecule has 0 N–H and O–H groups in total. The molecule has 1 aromatic rings. The van der Waals surface area contributed by atoms with E-state index in [1.807, 2.05) is 31.2 Å². The van der Waals surface area contributed by atoms with Crippen molar-refractivity contribution >= 4 is 17.6 Å². The molecule has 1 atom stereocenters. The van der Waals surface area contributed by atoms with Crippen LogP contribution < -0.4 is 0 Å². The summed E-state index contributed by atoms with van der Waals surface area (Å²) in [5.41, 5.74) is 0.993. The zero-order valence-corrected chi connectivity index (χ0v) is 9.75. The molecule has 0 unspecified atom stereocenters. The summed E-state index contributed by atoms with van der Waals surface area (Å²) in [5.74, 6) is -0.0809. The van der Waals surface area contributed by atoms with Crippen LogP contribution in [-0.2, 0) is 9.53 Å². The van der Waals surface area contributed by atoms with Crippen LogP contribution in [0.5, 0.6) is 0 Å². The lowest BCUT2D eigenvalue weighted by Crippen LogP contribution is -2.08. The topological polar surface area (TPSA) is 26.3 Å². The molecule has 0 spiro atoms. The summed E-state index contributed by atoms with van der Waals surface area (Å²) in [6.45, 7) is 4.20. The Hall–Kier alpha value is -1.02. The molecule has 82 valence electrons. The van der Waals surface area contributed by atoms with Crippen LogP contribution >= 0.6 is 11.6 Å². The molecule has 0 aliphatic rings. The highest BCUT2D eigenvalue weighted by molar-refractivity contribution is 6.31. The van der Waals surface area contributed by atoms with Crippen LogP contribution in [0.1, 0.15) is 31.7 Å². The van der Waals surface area contributed by atoms with Crippen LogP contribution in [0.4, 0.5) is 0 Å². The minimum Gasteiger partial charge on any atom is -0.466 e. The van der Waals surface area contributed by atoms with Gasteiger partial charge in [0.1, 0.15) is 0 Å². The molecule has 0 heterocycles. The van der Waals surface area contributed by atoms with Crippen molar-refractivity contribution in [3.05, 3.63) is 34.9 Å². The van der Waals surface area contributed by atoms with Gasteiger partial charge in [-0.3, -0.25) is 4.79 Å². The fourth-order valence-electron chi connectivity index (χ4n) is 1.45. The fraction of sp³-hybridized carbons (Fsp3) is 0.417. The number of esters is 1. The first-order chi connectivity index (χ1) is 7.15. The molecule has 0 aromatic heterocycles. The molecule has 0 saturated heterocycles. The summed E-state index contributed by atoms with van der Waals surface area (Å²) in [6, 6.07) is 7.57. The van der Waals surface area contributed by atoms with Gasteiger partial charge in [-0.25, -0.2) is 0 Å². The number of rotatable bonds is 4. The van der Waals surface area contributed by atoms with Gasteiger partial charge in [-0.1, -0.05) is 36.7 Å². The number of benzene rings is 1. The lowest BCUT2D eigenvalue weighted by Gasteiger charge is -2.12. The Morgan fingerprint density at radius 1 is 1.47 bits per heavy atom. The lowest BCUT2D eigenvalue weighted by molar-refractivity contribution is -0.143. The largest absolute Gasteiger partial charge is 0.466 e. The zero-order valence-electron chi connectivity index (χ0n) is 9.00. The Morgan fingerprint density at radius 3 is 2.73 bits per heavy atom. The van der Waals surface area contributed by atoms with Crippen LogP contribution in [0, 0.1) is 0 Å². The fourth-order valence-corrected chi connectivity index (χ4v) is 1.78. The SMILES string of the molecule is CCOC(=O)C[C@@H](C)c1ccccc1Cl. The molecule has 2 nitrogen and oxygen atoms in total. The molecule has 0 radical (unpaired) electrons. The van der Waals surface area contributed by atoms with Crippen LogP contribution in [0.15, 0.2) is 24.3 Å². The minimum absolute atomic E-state index is 0.0951. The third-order valence-corrected chi connectivity index (χ3v) is 2.56. The highest BCUT2D eigenvalue weighted by Crippen LogP contribution is 2.26. The second-order valence-electron chi connectivity index (χ2n) is 3.43. The Bertz CT molecular complexity index is 336. The zero-order chi connectivity index (χ0) is 11.3. The number of carbonyl (C=O) groups excluding carboxylic acids is 1.